The van der Waals surface area contributed by atoms with Crippen LogP contribution in [0.5, 0.6) is 0 Å². The second-order valence-electron chi connectivity index (χ2n) is 7.26. The van der Waals surface area contributed by atoms with Crippen molar-refractivity contribution in [3.05, 3.63) is 62.4 Å². The van der Waals surface area contributed by atoms with Gasteiger partial charge in [0, 0.05) is 32.7 Å². The molecule has 1 aromatic carbocycles. The smallest absolute Gasteiger partial charge is 0.332 e. The fourth-order valence-electron chi connectivity index (χ4n) is 3.79. The molecule has 1 saturated heterocycles. The van der Waals surface area contributed by atoms with Crippen LogP contribution in [0.15, 0.2) is 38.4 Å². The van der Waals surface area contributed by atoms with Gasteiger partial charge >= 0.3 is 5.69 Å². The first-order valence-electron chi connectivity index (χ1n) is 9.45. The van der Waals surface area contributed by atoms with E-state index < -0.39 is 11.2 Å². The number of benzene rings is 1. The van der Waals surface area contributed by atoms with Gasteiger partial charge in [-0.05, 0) is 37.1 Å². The summed E-state index contributed by atoms with van der Waals surface area (Å²) in [6.45, 7) is 1.00. The molecule has 0 N–H and O–H groups in total. The number of hydrogen-bond acceptors (Lipinski definition) is 7. The van der Waals surface area contributed by atoms with Gasteiger partial charge < -0.3 is 9.42 Å². The summed E-state index contributed by atoms with van der Waals surface area (Å²) < 4.78 is 20.8. The van der Waals surface area contributed by atoms with E-state index in [2.05, 4.69) is 10.1 Å². The second kappa shape index (κ2) is 7.59. The topological polar surface area (TPSA) is 110 Å². The molecule has 0 amide bonds. The predicted molar refractivity (Wildman–Crippen MR) is 106 cm³/mol. The number of piperidine rings is 1. The van der Waals surface area contributed by atoms with Crippen LogP contribution >= 0.6 is 0 Å². The molecular weight excluding hydrogens is 391 g/mol. The Morgan fingerprint density at radius 2 is 1.93 bits per heavy atom. The van der Waals surface area contributed by atoms with Gasteiger partial charge in [-0.2, -0.15) is 10.2 Å². The van der Waals surface area contributed by atoms with Crippen molar-refractivity contribution in [1.82, 2.24) is 19.3 Å². The number of hydrogen-bond donors (Lipinski definition) is 0. The molecule has 9 nitrogen and oxygen atoms in total. The third-order valence-electron chi connectivity index (χ3n) is 5.36. The van der Waals surface area contributed by atoms with Crippen molar-refractivity contribution in [3.63, 3.8) is 0 Å². The van der Waals surface area contributed by atoms with Crippen molar-refractivity contribution >= 4 is 5.82 Å². The van der Waals surface area contributed by atoms with Crippen LogP contribution in [0.2, 0.25) is 0 Å². The van der Waals surface area contributed by atoms with Crippen molar-refractivity contribution in [1.29, 1.82) is 5.26 Å². The van der Waals surface area contributed by atoms with Gasteiger partial charge in [-0.25, -0.2) is 9.18 Å². The SMILES string of the molecule is Cn1c(N2CCCC(c3nc(-c4ccc(F)cc4)no3)C2)c(C#N)c(=O)n(C)c1=O. The highest BCUT2D eigenvalue weighted by Gasteiger charge is 2.30. The minimum atomic E-state index is -0.617. The number of aromatic nitrogens is 4. The van der Waals surface area contributed by atoms with Crippen molar-refractivity contribution in [2.45, 2.75) is 18.8 Å². The second-order valence-corrected chi connectivity index (χ2v) is 7.26. The summed E-state index contributed by atoms with van der Waals surface area (Å²) in [5.41, 5.74) is -0.542. The Morgan fingerprint density at radius 1 is 1.20 bits per heavy atom. The van der Waals surface area contributed by atoms with Gasteiger partial charge in [0.1, 0.15) is 17.7 Å². The summed E-state index contributed by atoms with van der Waals surface area (Å²) in [5, 5.41) is 13.5. The van der Waals surface area contributed by atoms with Gasteiger partial charge in [0.2, 0.25) is 11.7 Å². The molecule has 1 fully saturated rings. The summed E-state index contributed by atoms with van der Waals surface area (Å²) in [6, 6.07) is 7.74. The summed E-state index contributed by atoms with van der Waals surface area (Å²) in [4.78, 5) is 31.1. The molecule has 2 aromatic heterocycles. The summed E-state index contributed by atoms with van der Waals surface area (Å²) >= 11 is 0. The Kier molecular flexibility index (Phi) is 4.95. The summed E-state index contributed by atoms with van der Waals surface area (Å²) in [7, 11) is 2.89. The highest BCUT2D eigenvalue weighted by molar-refractivity contribution is 5.55. The van der Waals surface area contributed by atoms with Crippen LogP contribution in [0.1, 0.15) is 30.2 Å². The molecule has 0 aliphatic carbocycles. The van der Waals surface area contributed by atoms with Crippen LogP contribution in [0.4, 0.5) is 10.2 Å². The molecule has 30 heavy (non-hydrogen) atoms. The van der Waals surface area contributed by atoms with E-state index in [1.165, 1.54) is 23.7 Å². The van der Waals surface area contributed by atoms with E-state index in [9.17, 15) is 19.2 Å². The number of halogens is 1. The summed E-state index contributed by atoms with van der Waals surface area (Å²) in [6.07, 6.45) is 1.54. The number of rotatable bonds is 3. The molecule has 0 bridgehead atoms. The molecule has 1 unspecified atom stereocenters. The quantitative estimate of drug-likeness (QED) is 0.644. The van der Waals surface area contributed by atoms with Gasteiger partial charge in [0.05, 0.1) is 5.92 Å². The largest absolute Gasteiger partial charge is 0.356 e. The van der Waals surface area contributed by atoms with Crippen molar-refractivity contribution < 1.29 is 8.91 Å². The van der Waals surface area contributed by atoms with Crippen molar-refractivity contribution in [2.75, 3.05) is 18.0 Å². The molecule has 4 rings (SSSR count). The van der Waals surface area contributed by atoms with Crippen LogP contribution in [0.25, 0.3) is 11.4 Å². The maximum Gasteiger partial charge on any atom is 0.332 e. The first kappa shape index (κ1) is 19.6. The zero-order valence-corrected chi connectivity index (χ0v) is 16.5. The van der Waals surface area contributed by atoms with Crippen LogP contribution in [-0.4, -0.2) is 32.4 Å². The van der Waals surface area contributed by atoms with Crippen LogP contribution in [-0.2, 0) is 14.1 Å². The van der Waals surface area contributed by atoms with Crippen LogP contribution < -0.4 is 16.1 Å². The van der Waals surface area contributed by atoms with Crippen LogP contribution in [0, 0.1) is 17.1 Å². The highest BCUT2D eigenvalue weighted by Crippen LogP contribution is 2.30. The van der Waals surface area contributed by atoms with E-state index in [0.29, 0.717) is 36.2 Å². The molecule has 3 aromatic rings. The molecule has 10 heteroatoms. The van der Waals surface area contributed by atoms with Crippen molar-refractivity contribution in [3.8, 4) is 17.5 Å². The van der Waals surface area contributed by atoms with E-state index in [4.69, 9.17) is 4.52 Å². The standard InChI is InChI=1S/C20H19FN6O3/c1-25-18(15(10-22)19(28)26(2)20(25)29)27-9-3-4-13(11-27)17-23-16(24-30-17)12-5-7-14(21)8-6-12/h5-8,13H,3-4,9,11H2,1-2H3. The maximum atomic E-state index is 13.1. The zero-order valence-electron chi connectivity index (χ0n) is 16.5. The van der Waals surface area contributed by atoms with Gasteiger partial charge in [0.25, 0.3) is 5.56 Å². The first-order chi connectivity index (χ1) is 14.4. The third-order valence-corrected chi connectivity index (χ3v) is 5.36. The molecule has 1 aliphatic rings. The monoisotopic (exact) mass is 410 g/mol. The van der Waals surface area contributed by atoms with Gasteiger partial charge in [0.15, 0.2) is 5.56 Å². The van der Waals surface area contributed by atoms with E-state index in [0.717, 1.165) is 17.4 Å². The van der Waals surface area contributed by atoms with E-state index >= 15 is 0 Å². The Bertz CT molecular complexity index is 1250. The minimum absolute atomic E-state index is 0.0715. The molecule has 3 heterocycles. The minimum Gasteiger partial charge on any atom is -0.356 e. The molecule has 1 aliphatic heterocycles. The average molecular weight is 410 g/mol. The molecule has 0 spiro atoms. The highest BCUT2D eigenvalue weighted by atomic mass is 19.1. The normalized spacial score (nSPS) is 16.5. The van der Waals surface area contributed by atoms with E-state index in [1.54, 1.807) is 19.2 Å². The Balaban J connectivity index is 1.66. The lowest BCUT2D eigenvalue weighted by Crippen LogP contribution is -2.45. The predicted octanol–water partition coefficient (Wildman–Crippen LogP) is 1.53. The Labute approximate surface area is 170 Å². The third kappa shape index (κ3) is 3.28. The Morgan fingerprint density at radius 3 is 2.63 bits per heavy atom. The number of nitriles is 1. The molecule has 154 valence electrons. The lowest BCUT2D eigenvalue weighted by molar-refractivity contribution is 0.332. The van der Waals surface area contributed by atoms with Gasteiger partial charge in [-0.3, -0.25) is 13.9 Å². The first-order valence-corrected chi connectivity index (χ1v) is 9.45. The molecule has 0 radical (unpaired) electrons. The van der Waals surface area contributed by atoms with Gasteiger partial charge in [-0.15, -0.1) is 0 Å². The maximum absolute atomic E-state index is 13.1. The molecular formula is C20H19FN6O3. The van der Waals surface area contributed by atoms with E-state index in [-0.39, 0.29) is 17.3 Å². The summed E-state index contributed by atoms with van der Waals surface area (Å²) in [5.74, 6) is 0.602. The average Bonchev–Trinajstić information content (AvgIpc) is 3.25. The van der Waals surface area contributed by atoms with Crippen molar-refractivity contribution in [2.24, 2.45) is 14.1 Å². The Hall–Kier alpha value is -3.74. The lowest BCUT2D eigenvalue weighted by atomic mass is 9.97. The fourth-order valence-corrected chi connectivity index (χ4v) is 3.79. The van der Waals surface area contributed by atoms with Gasteiger partial charge in [-0.1, -0.05) is 5.16 Å². The zero-order chi connectivity index (χ0) is 21.4. The number of nitrogens with zero attached hydrogens (tertiary/aromatic N) is 6. The molecule has 1 atom stereocenters. The fraction of sp³-hybridized carbons (Fsp3) is 0.350. The van der Waals surface area contributed by atoms with E-state index in [1.807, 2.05) is 11.0 Å². The number of anilines is 1. The molecule has 0 saturated carbocycles. The van der Waals surface area contributed by atoms with Crippen LogP contribution in [0.3, 0.4) is 0 Å². The lowest BCUT2D eigenvalue weighted by Gasteiger charge is -2.34.